The van der Waals surface area contributed by atoms with Gasteiger partial charge in [0.2, 0.25) is 0 Å². The number of hydrogen-bond donors (Lipinski definition) is 3. The summed E-state index contributed by atoms with van der Waals surface area (Å²) in [5.41, 5.74) is 0. The molecule has 5 atom stereocenters. The zero-order valence-corrected chi connectivity index (χ0v) is 7.17. The van der Waals surface area contributed by atoms with E-state index in [9.17, 15) is 19.7 Å². The number of rotatable bonds is 0. The molecule has 0 unspecified atom stereocenters. The van der Waals surface area contributed by atoms with E-state index in [-0.39, 0.29) is 19.5 Å². The Bertz CT molecular complexity index is 202. The van der Waals surface area contributed by atoms with E-state index in [1.807, 2.05) is 0 Å². The zero-order chi connectivity index (χ0) is 9.59. The Kier molecular flexibility index (Phi) is 2.27. The second-order valence-corrected chi connectivity index (χ2v) is 3.90. The SMILES string of the molecule is O[C@H]1[C@H]2[C@H](O)C[C@@H](F)CN2C[C@H]1O. The highest BCUT2D eigenvalue weighted by Crippen LogP contribution is 2.29. The summed E-state index contributed by atoms with van der Waals surface area (Å²) in [4.78, 5) is 1.62. The number of halogens is 1. The summed E-state index contributed by atoms with van der Waals surface area (Å²) in [6.45, 7) is 0.458. The fraction of sp³-hybridized carbons (Fsp3) is 1.00. The van der Waals surface area contributed by atoms with Crippen LogP contribution in [0.4, 0.5) is 4.39 Å². The minimum atomic E-state index is -1.05. The fourth-order valence-corrected chi connectivity index (χ4v) is 2.31. The van der Waals surface area contributed by atoms with E-state index in [2.05, 4.69) is 0 Å². The lowest BCUT2D eigenvalue weighted by Crippen LogP contribution is -2.52. The lowest BCUT2D eigenvalue weighted by Gasteiger charge is -2.36. The van der Waals surface area contributed by atoms with Crippen LogP contribution in [0.3, 0.4) is 0 Å². The Morgan fingerprint density at radius 1 is 1.08 bits per heavy atom. The van der Waals surface area contributed by atoms with Crippen LogP contribution in [0.15, 0.2) is 0 Å². The van der Waals surface area contributed by atoms with Crippen molar-refractivity contribution in [2.24, 2.45) is 0 Å². The Labute approximate surface area is 75.6 Å². The number of hydrogen-bond acceptors (Lipinski definition) is 4. The molecule has 0 aromatic rings. The van der Waals surface area contributed by atoms with Crippen LogP contribution < -0.4 is 0 Å². The van der Waals surface area contributed by atoms with Gasteiger partial charge in [-0.1, -0.05) is 0 Å². The Morgan fingerprint density at radius 2 is 1.77 bits per heavy atom. The van der Waals surface area contributed by atoms with Crippen molar-refractivity contribution in [3.8, 4) is 0 Å². The third-order valence-electron chi connectivity index (χ3n) is 2.91. The number of nitrogens with zero attached hydrogens (tertiary/aromatic N) is 1. The van der Waals surface area contributed by atoms with Crippen molar-refractivity contribution < 1.29 is 19.7 Å². The van der Waals surface area contributed by atoms with Gasteiger partial charge in [-0.15, -0.1) is 0 Å². The predicted molar refractivity (Wildman–Crippen MR) is 42.9 cm³/mol. The molecule has 76 valence electrons. The van der Waals surface area contributed by atoms with Gasteiger partial charge in [0, 0.05) is 19.5 Å². The molecular weight excluding hydrogens is 177 g/mol. The zero-order valence-electron chi connectivity index (χ0n) is 7.17. The maximum Gasteiger partial charge on any atom is 0.115 e. The molecule has 4 nitrogen and oxygen atoms in total. The van der Waals surface area contributed by atoms with Gasteiger partial charge in [-0.2, -0.15) is 0 Å². The van der Waals surface area contributed by atoms with Crippen molar-refractivity contribution >= 4 is 0 Å². The average Bonchev–Trinajstić information content (AvgIpc) is 2.27. The van der Waals surface area contributed by atoms with E-state index in [0.29, 0.717) is 0 Å². The summed E-state index contributed by atoms with van der Waals surface area (Å²) in [5, 5.41) is 28.3. The van der Waals surface area contributed by atoms with Crippen molar-refractivity contribution in [1.29, 1.82) is 0 Å². The predicted octanol–water partition coefficient (Wildman–Crippen LogP) is -1.50. The van der Waals surface area contributed by atoms with E-state index in [1.54, 1.807) is 4.90 Å². The van der Waals surface area contributed by atoms with Crippen LogP contribution >= 0.6 is 0 Å². The molecule has 5 heteroatoms. The molecule has 13 heavy (non-hydrogen) atoms. The number of piperidine rings is 1. The lowest BCUT2D eigenvalue weighted by molar-refractivity contribution is -0.0478. The maximum atomic E-state index is 13.0. The molecular formula is C8H14FNO3. The first-order valence-electron chi connectivity index (χ1n) is 4.52. The van der Waals surface area contributed by atoms with E-state index in [4.69, 9.17) is 0 Å². The smallest absolute Gasteiger partial charge is 0.115 e. The molecule has 0 spiro atoms. The van der Waals surface area contributed by atoms with Crippen molar-refractivity contribution in [1.82, 2.24) is 4.90 Å². The van der Waals surface area contributed by atoms with Crippen LogP contribution in [0, 0.1) is 0 Å². The van der Waals surface area contributed by atoms with Gasteiger partial charge in [-0.25, -0.2) is 4.39 Å². The Balaban J connectivity index is 2.12. The number of fused-ring (bicyclic) bond motifs is 1. The summed E-state index contributed by atoms with van der Waals surface area (Å²) in [6.07, 6.45) is -3.66. The molecule has 0 radical (unpaired) electrons. The first kappa shape index (κ1) is 9.33. The monoisotopic (exact) mass is 191 g/mol. The van der Waals surface area contributed by atoms with E-state index in [0.717, 1.165) is 0 Å². The first-order valence-corrected chi connectivity index (χ1v) is 4.52. The molecule has 0 saturated carbocycles. The average molecular weight is 191 g/mol. The summed E-state index contributed by atoms with van der Waals surface area (Å²) < 4.78 is 13.0. The normalized spacial score (nSPS) is 52.2. The van der Waals surface area contributed by atoms with Gasteiger partial charge >= 0.3 is 0 Å². The van der Waals surface area contributed by atoms with E-state index in [1.165, 1.54) is 0 Å². The summed E-state index contributed by atoms with van der Waals surface area (Å²) >= 11 is 0. The first-order chi connectivity index (χ1) is 6.09. The van der Waals surface area contributed by atoms with Crippen LogP contribution in [0.2, 0.25) is 0 Å². The molecule has 2 saturated heterocycles. The molecule has 0 aromatic carbocycles. The van der Waals surface area contributed by atoms with Crippen molar-refractivity contribution in [3.05, 3.63) is 0 Å². The van der Waals surface area contributed by atoms with Gasteiger partial charge in [0.1, 0.15) is 6.17 Å². The molecule has 2 aliphatic rings. The maximum absolute atomic E-state index is 13.0. The molecule has 0 aromatic heterocycles. The van der Waals surface area contributed by atoms with Gasteiger partial charge < -0.3 is 15.3 Å². The summed E-state index contributed by atoms with van der Waals surface area (Å²) in [7, 11) is 0. The van der Waals surface area contributed by atoms with Crippen LogP contribution in [0.25, 0.3) is 0 Å². The Hall–Kier alpha value is -0.230. The molecule has 2 heterocycles. The Morgan fingerprint density at radius 3 is 2.46 bits per heavy atom. The minimum Gasteiger partial charge on any atom is -0.391 e. The number of aliphatic hydroxyl groups is 3. The molecule has 0 bridgehead atoms. The summed E-state index contributed by atoms with van der Waals surface area (Å²) in [6, 6.07) is -0.484. The molecule has 3 N–H and O–H groups in total. The highest BCUT2D eigenvalue weighted by molar-refractivity contribution is 5.01. The minimum absolute atomic E-state index is 0.0605. The molecule has 2 aliphatic heterocycles. The standard InChI is InChI=1S/C8H14FNO3/c9-4-1-5(11)7-8(13)6(12)3-10(7)2-4/h4-8,11-13H,1-3H2/t4-,5-,6-,7-,8-/m1/s1. The van der Waals surface area contributed by atoms with Gasteiger partial charge in [-0.3, -0.25) is 4.90 Å². The topological polar surface area (TPSA) is 63.9 Å². The third-order valence-corrected chi connectivity index (χ3v) is 2.91. The van der Waals surface area contributed by atoms with Crippen molar-refractivity contribution in [2.45, 2.75) is 36.9 Å². The van der Waals surface area contributed by atoms with Gasteiger partial charge in [0.05, 0.1) is 24.4 Å². The van der Waals surface area contributed by atoms with Gasteiger partial charge in [0.15, 0.2) is 0 Å². The molecule has 0 aliphatic carbocycles. The second kappa shape index (κ2) is 3.16. The van der Waals surface area contributed by atoms with E-state index >= 15 is 0 Å². The quantitative estimate of drug-likeness (QED) is 0.436. The van der Waals surface area contributed by atoms with Gasteiger partial charge in [0.25, 0.3) is 0 Å². The highest BCUT2D eigenvalue weighted by atomic mass is 19.1. The fourth-order valence-electron chi connectivity index (χ4n) is 2.31. The number of aliphatic hydroxyl groups excluding tert-OH is 3. The largest absolute Gasteiger partial charge is 0.391 e. The molecule has 2 rings (SSSR count). The van der Waals surface area contributed by atoms with E-state index < -0.39 is 30.5 Å². The molecule has 2 fully saturated rings. The number of alkyl halides is 1. The van der Waals surface area contributed by atoms with Crippen LogP contribution in [-0.4, -0.2) is 63.8 Å². The summed E-state index contributed by atoms with van der Waals surface area (Å²) in [5.74, 6) is 0. The van der Waals surface area contributed by atoms with Crippen LogP contribution in [0.1, 0.15) is 6.42 Å². The van der Waals surface area contributed by atoms with Crippen LogP contribution in [0.5, 0.6) is 0 Å². The van der Waals surface area contributed by atoms with Crippen LogP contribution in [-0.2, 0) is 0 Å². The lowest BCUT2D eigenvalue weighted by atomic mass is 9.96. The highest BCUT2D eigenvalue weighted by Gasteiger charge is 2.47. The van der Waals surface area contributed by atoms with Crippen molar-refractivity contribution in [2.75, 3.05) is 13.1 Å². The third kappa shape index (κ3) is 1.46. The molecule has 0 amide bonds. The second-order valence-electron chi connectivity index (χ2n) is 3.90. The van der Waals surface area contributed by atoms with Crippen molar-refractivity contribution in [3.63, 3.8) is 0 Å². The van der Waals surface area contributed by atoms with Gasteiger partial charge in [-0.05, 0) is 0 Å².